The number of para-hydroxylation sites is 4. The number of nitrogens with zero attached hydrogens (tertiary/aromatic N) is 2. The monoisotopic (exact) mass is 429 g/mol. The maximum Gasteiger partial charge on any atom is 0.225 e. The zero-order chi connectivity index (χ0) is 21.2. The second kappa shape index (κ2) is 8.24. The Balaban J connectivity index is 1.42. The van der Waals surface area contributed by atoms with Crippen molar-refractivity contribution in [1.82, 2.24) is 25.3 Å². The first kappa shape index (κ1) is 19.3. The summed E-state index contributed by atoms with van der Waals surface area (Å²) >= 11 is 5.95. The zero-order valence-corrected chi connectivity index (χ0v) is 17.4. The molecular formula is C24H20ClN5O. The molecule has 6 nitrogen and oxygen atoms in total. The molecule has 5 aromatic rings. The van der Waals surface area contributed by atoms with Gasteiger partial charge >= 0.3 is 0 Å². The lowest BCUT2D eigenvalue weighted by Crippen LogP contribution is -2.32. The van der Waals surface area contributed by atoms with E-state index in [0.717, 1.165) is 33.5 Å². The molecule has 2 aromatic heterocycles. The number of amides is 1. The van der Waals surface area contributed by atoms with Gasteiger partial charge < -0.3 is 15.3 Å². The summed E-state index contributed by atoms with van der Waals surface area (Å²) < 4.78 is 0. The van der Waals surface area contributed by atoms with Gasteiger partial charge in [0.1, 0.15) is 11.6 Å². The van der Waals surface area contributed by atoms with E-state index in [1.165, 1.54) is 0 Å². The molecule has 0 saturated carbocycles. The van der Waals surface area contributed by atoms with Gasteiger partial charge in [-0.2, -0.15) is 0 Å². The molecule has 0 saturated heterocycles. The highest BCUT2D eigenvalue weighted by atomic mass is 35.5. The van der Waals surface area contributed by atoms with Crippen molar-refractivity contribution in [1.29, 1.82) is 0 Å². The third-order valence-electron chi connectivity index (χ3n) is 5.19. The van der Waals surface area contributed by atoms with Crippen LogP contribution in [0.4, 0.5) is 0 Å². The first-order valence-corrected chi connectivity index (χ1v) is 10.4. The van der Waals surface area contributed by atoms with Gasteiger partial charge in [-0.3, -0.25) is 4.79 Å². The van der Waals surface area contributed by atoms with Gasteiger partial charge in [0.05, 0.1) is 34.5 Å². The fourth-order valence-corrected chi connectivity index (χ4v) is 3.81. The summed E-state index contributed by atoms with van der Waals surface area (Å²) in [5, 5.41) is 3.77. The van der Waals surface area contributed by atoms with Crippen LogP contribution in [0.1, 0.15) is 23.3 Å². The minimum Gasteiger partial charge on any atom is -0.345 e. The highest BCUT2D eigenvalue weighted by Gasteiger charge is 2.21. The Labute approximate surface area is 183 Å². The van der Waals surface area contributed by atoms with Gasteiger partial charge in [-0.1, -0.05) is 48.0 Å². The molecule has 7 heteroatoms. The highest BCUT2D eigenvalue weighted by Crippen LogP contribution is 2.21. The molecule has 31 heavy (non-hydrogen) atoms. The number of imidazole rings is 2. The number of rotatable bonds is 6. The van der Waals surface area contributed by atoms with E-state index in [0.29, 0.717) is 17.3 Å². The number of hydrogen-bond acceptors (Lipinski definition) is 3. The Morgan fingerprint density at radius 1 is 0.871 bits per heavy atom. The van der Waals surface area contributed by atoms with E-state index in [1.807, 2.05) is 60.7 Å². The third kappa shape index (κ3) is 4.29. The summed E-state index contributed by atoms with van der Waals surface area (Å²) in [6.07, 6.45) is 0.745. The van der Waals surface area contributed by atoms with E-state index >= 15 is 0 Å². The van der Waals surface area contributed by atoms with Gasteiger partial charge in [0, 0.05) is 11.4 Å². The molecular weight excluding hydrogens is 410 g/mol. The fraction of sp³-hybridized carbons (Fsp3) is 0.125. The largest absolute Gasteiger partial charge is 0.345 e. The Bertz CT molecular complexity index is 1290. The van der Waals surface area contributed by atoms with Crippen LogP contribution in [0.15, 0.2) is 72.8 Å². The minimum atomic E-state index is -0.354. The van der Waals surface area contributed by atoms with E-state index in [4.69, 9.17) is 16.6 Å². The number of H-pyrrole nitrogens is 2. The van der Waals surface area contributed by atoms with Crippen molar-refractivity contribution in [3.8, 4) is 0 Å². The van der Waals surface area contributed by atoms with Crippen molar-refractivity contribution in [2.45, 2.75) is 18.9 Å². The minimum absolute atomic E-state index is 0.0936. The Hall–Kier alpha value is -3.64. The van der Waals surface area contributed by atoms with Gasteiger partial charge in [0.2, 0.25) is 5.91 Å². The predicted octanol–water partition coefficient (Wildman–Crippen LogP) is 4.74. The van der Waals surface area contributed by atoms with Crippen molar-refractivity contribution in [3.63, 3.8) is 0 Å². The summed E-state index contributed by atoms with van der Waals surface area (Å²) in [5.41, 5.74) is 4.55. The second-order valence-electron chi connectivity index (χ2n) is 7.47. The molecule has 0 aliphatic heterocycles. The first-order chi connectivity index (χ1) is 15.1. The lowest BCUT2D eigenvalue weighted by molar-refractivity contribution is -0.121. The van der Waals surface area contributed by atoms with Crippen molar-refractivity contribution in [2.75, 3.05) is 0 Å². The second-order valence-corrected chi connectivity index (χ2v) is 7.90. The van der Waals surface area contributed by atoms with E-state index in [9.17, 15) is 4.79 Å². The number of nitrogens with one attached hydrogen (secondary N) is 3. The molecule has 3 aromatic carbocycles. The fourth-order valence-electron chi connectivity index (χ4n) is 3.68. The number of aromatic amines is 2. The Morgan fingerprint density at radius 3 is 2.19 bits per heavy atom. The van der Waals surface area contributed by atoms with Crippen LogP contribution in [0, 0.1) is 0 Å². The van der Waals surface area contributed by atoms with Crippen LogP contribution in [0.3, 0.4) is 0 Å². The summed E-state index contributed by atoms with van der Waals surface area (Å²) in [4.78, 5) is 28.9. The molecule has 5 rings (SSSR count). The smallest absolute Gasteiger partial charge is 0.225 e. The van der Waals surface area contributed by atoms with Gasteiger partial charge in [0.15, 0.2) is 0 Å². The highest BCUT2D eigenvalue weighted by molar-refractivity contribution is 6.30. The third-order valence-corrected chi connectivity index (χ3v) is 5.44. The number of halogens is 1. The quantitative estimate of drug-likeness (QED) is 0.364. The zero-order valence-electron chi connectivity index (χ0n) is 16.6. The predicted molar refractivity (Wildman–Crippen MR) is 122 cm³/mol. The number of carbonyl (C=O) groups excluding carboxylic acids is 1. The number of benzene rings is 3. The lowest BCUT2D eigenvalue weighted by atomic mass is 10.1. The van der Waals surface area contributed by atoms with Gasteiger partial charge in [0.25, 0.3) is 0 Å². The molecule has 0 aliphatic rings. The molecule has 0 fully saturated rings. The van der Waals surface area contributed by atoms with Crippen LogP contribution in [0.2, 0.25) is 5.02 Å². The maximum absolute atomic E-state index is 12.8. The summed E-state index contributed by atoms with van der Waals surface area (Å²) in [6, 6.07) is 22.6. The maximum atomic E-state index is 12.8. The number of carbonyl (C=O) groups is 1. The Kier molecular flexibility index (Phi) is 5.14. The van der Waals surface area contributed by atoms with Gasteiger partial charge in [-0.15, -0.1) is 0 Å². The van der Waals surface area contributed by atoms with Crippen LogP contribution in [-0.2, 0) is 17.6 Å². The molecule has 3 N–H and O–H groups in total. The average molecular weight is 430 g/mol. The number of hydrogen-bond donors (Lipinski definition) is 3. The topological polar surface area (TPSA) is 86.5 Å². The van der Waals surface area contributed by atoms with Crippen LogP contribution in [0.25, 0.3) is 22.1 Å². The molecule has 0 radical (unpaired) electrons. The molecule has 0 spiro atoms. The van der Waals surface area contributed by atoms with Crippen LogP contribution in [0.5, 0.6) is 0 Å². The van der Waals surface area contributed by atoms with Crippen molar-refractivity contribution in [3.05, 3.63) is 95.0 Å². The normalized spacial score (nSPS) is 12.3. The molecule has 1 unspecified atom stereocenters. The van der Waals surface area contributed by atoms with Gasteiger partial charge in [-0.05, 0) is 42.0 Å². The van der Waals surface area contributed by atoms with E-state index in [-0.39, 0.29) is 18.4 Å². The molecule has 0 aliphatic carbocycles. The molecule has 0 bridgehead atoms. The average Bonchev–Trinajstić information content (AvgIpc) is 3.38. The molecule has 1 amide bonds. The van der Waals surface area contributed by atoms with Crippen LogP contribution < -0.4 is 5.32 Å². The molecule has 1 atom stereocenters. The first-order valence-electron chi connectivity index (χ1n) is 10.1. The Morgan fingerprint density at radius 2 is 1.52 bits per heavy atom. The number of aromatic nitrogens is 4. The summed E-state index contributed by atoms with van der Waals surface area (Å²) in [6.45, 7) is 0. The molecule has 2 heterocycles. The summed E-state index contributed by atoms with van der Waals surface area (Å²) in [7, 11) is 0. The summed E-state index contributed by atoms with van der Waals surface area (Å²) in [5.74, 6) is 1.40. The number of fused-ring (bicyclic) bond motifs is 2. The SMILES string of the molecule is O=C(Cc1ccc(Cl)cc1)NC(Cc1nc2ccccc2[nH]1)c1nc2ccccc2[nH]1. The lowest BCUT2D eigenvalue weighted by Gasteiger charge is -2.16. The standard InChI is InChI=1S/C24H20ClN5O/c25-16-11-9-15(10-12-16)13-23(31)28-21(24-29-19-7-3-4-8-20(19)30-24)14-22-26-17-5-1-2-6-18(17)27-22/h1-12,21H,13-14H2,(H,26,27)(H,28,31)(H,29,30). The van der Waals surface area contributed by atoms with Crippen molar-refractivity contribution in [2.24, 2.45) is 0 Å². The molecule has 154 valence electrons. The van der Waals surface area contributed by atoms with Crippen molar-refractivity contribution < 1.29 is 4.79 Å². The van der Waals surface area contributed by atoms with E-state index in [1.54, 1.807) is 12.1 Å². The van der Waals surface area contributed by atoms with Crippen LogP contribution in [-0.4, -0.2) is 25.8 Å². The van der Waals surface area contributed by atoms with Gasteiger partial charge in [-0.25, -0.2) is 9.97 Å². The van der Waals surface area contributed by atoms with E-state index < -0.39 is 0 Å². The van der Waals surface area contributed by atoms with Crippen LogP contribution >= 0.6 is 11.6 Å². The van der Waals surface area contributed by atoms with Crippen molar-refractivity contribution >= 4 is 39.6 Å². The van der Waals surface area contributed by atoms with E-state index in [2.05, 4.69) is 20.3 Å².